The number of nitrogens with zero attached hydrogens (tertiary/aromatic N) is 2. The summed E-state index contributed by atoms with van der Waals surface area (Å²) in [5.41, 5.74) is 2.58. The molecule has 4 nitrogen and oxygen atoms in total. The normalized spacial score (nSPS) is 11.5. The van der Waals surface area contributed by atoms with E-state index in [0.29, 0.717) is 12.3 Å². The van der Waals surface area contributed by atoms with Crippen LogP contribution in [0.2, 0.25) is 0 Å². The zero-order valence-corrected chi connectivity index (χ0v) is 15.1. The fraction of sp³-hybridized carbons (Fsp3) is 0.188. The van der Waals surface area contributed by atoms with Crippen LogP contribution in [0, 0.1) is 0 Å². The average molecular weight is 426 g/mol. The zero-order valence-electron chi connectivity index (χ0n) is 11.9. The summed E-state index contributed by atoms with van der Waals surface area (Å²) in [6, 6.07) is 13.8. The van der Waals surface area contributed by atoms with Gasteiger partial charge < -0.3 is 4.42 Å². The van der Waals surface area contributed by atoms with Crippen LogP contribution in [0.4, 0.5) is 0 Å². The molecule has 0 bridgehead atoms. The smallest absolute Gasteiger partial charge is 0.408 e. The molecular formula is C16H14Br2N2O2. The van der Waals surface area contributed by atoms with Gasteiger partial charge in [-0.3, -0.25) is 9.47 Å². The van der Waals surface area contributed by atoms with Gasteiger partial charge in [0.15, 0.2) is 5.58 Å². The summed E-state index contributed by atoms with van der Waals surface area (Å²) in [6.45, 7) is 1.23. The molecule has 0 aliphatic heterocycles. The van der Waals surface area contributed by atoms with Gasteiger partial charge in [0.2, 0.25) is 0 Å². The van der Waals surface area contributed by atoms with E-state index < -0.39 is 0 Å². The molecule has 3 rings (SSSR count). The lowest BCUT2D eigenvalue weighted by atomic mass is 10.2. The van der Waals surface area contributed by atoms with Gasteiger partial charge in [0.05, 0.1) is 12.2 Å². The number of halogens is 2. The molecule has 0 amide bonds. The first-order chi connectivity index (χ1) is 10.5. The first kappa shape index (κ1) is 15.5. The van der Waals surface area contributed by atoms with Crippen molar-refractivity contribution in [1.29, 1.82) is 0 Å². The number of benzene rings is 2. The molecule has 0 fully saturated rings. The Hall–Kier alpha value is -1.37. The maximum Gasteiger partial charge on any atom is 0.421 e. The number of aromatic nitrogens is 1. The van der Waals surface area contributed by atoms with Crippen molar-refractivity contribution in [1.82, 2.24) is 9.47 Å². The monoisotopic (exact) mass is 424 g/mol. The maximum absolute atomic E-state index is 12.0. The second kappa shape index (κ2) is 6.40. The number of rotatable bonds is 4. The SMILES string of the molecule is CN(Cc1ccc(Br)cc1)Cn1c(=O)oc2cc(Br)ccc21. The Bertz CT molecular complexity index is 853. The first-order valence-electron chi connectivity index (χ1n) is 6.75. The Morgan fingerprint density at radius 1 is 1.09 bits per heavy atom. The topological polar surface area (TPSA) is 38.4 Å². The van der Waals surface area contributed by atoms with Gasteiger partial charge in [-0.15, -0.1) is 0 Å². The van der Waals surface area contributed by atoms with Crippen molar-refractivity contribution in [3.05, 3.63) is 67.5 Å². The molecular weight excluding hydrogens is 412 g/mol. The highest BCUT2D eigenvalue weighted by Crippen LogP contribution is 2.19. The van der Waals surface area contributed by atoms with Crippen LogP contribution in [0.1, 0.15) is 5.56 Å². The highest BCUT2D eigenvalue weighted by atomic mass is 79.9. The van der Waals surface area contributed by atoms with Crippen molar-refractivity contribution in [3.63, 3.8) is 0 Å². The Morgan fingerprint density at radius 2 is 1.77 bits per heavy atom. The molecule has 1 aromatic heterocycles. The van der Waals surface area contributed by atoms with Crippen molar-refractivity contribution in [2.75, 3.05) is 7.05 Å². The molecule has 0 N–H and O–H groups in total. The van der Waals surface area contributed by atoms with Gasteiger partial charge in [0.1, 0.15) is 0 Å². The van der Waals surface area contributed by atoms with E-state index in [9.17, 15) is 4.79 Å². The van der Waals surface area contributed by atoms with Crippen LogP contribution < -0.4 is 5.76 Å². The lowest BCUT2D eigenvalue weighted by molar-refractivity contribution is 0.253. The molecule has 0 radical (unpaired) electrons. The maximum atomic E-state index is 12.0. The van der Waals surface area contributed by atoms with E-state index in [1.165, 1.54) is 5.56 Å². The molecule has 0 saturated carbocycles. The minimum absolute atomic E-state index is 0.337. The van der Waals surface area contributed by atoms with Crippen molar-refractivity contribution in [3.8, 4) is 0 Å². The van der Waals surface area contributed by atoms with Gasteiger partial charge in [-0.2, -0.15) is 0 Å². The van der Waals surface area contributed by atoms with E-state index >= 15 is 0 Å². The average Bonchev–Trinajstić information content (AvgIpc) is 2.77. The predicted molar refractivity (Wildman–Crippen MR) is 93.8 cm³/mol. The van der Waals surface area contributed by atoms with Crippen LogP contribution >= 0.6 is 31.9 Å². The third-order valence-electron chi connectivity index (χ3n) is 3.38. The number of hydrogen-bond donors (Lipinski definition) is 0. The van der Waals surface area contributed by atoms with Crippen molar-refractivity contribution in [2.24, 2.45) is 0 Å². The highest BCUT2D eigenvalue weighted by molar-refractivity contribution is 9.10. The minimum atomic E-state index is -0.337. The summed E-state index contributed by atoms with van der Waals surface area (Å²) in [4.78, 5) is 14.1. The third-order valence-corrected chi connectivity index (χ3v) is 4.40. The Balaban J connectivity index is 1.82. The number of hydrogen-bond acceptors (Lipinski definition) is 3. The quantitative estimate of drug-likeness (QED) is 0.628. The predicted octanol–water partition coefficient (Wildman–Crippen LogP) is 4.21. The third kappa shape index (κ3) is 3.34. The molecule has 0 unspecified atom stereocenters. The molecule has 0 aliphatic carbocycles. The van der Waals surface area contributed by atoms with Crippen LogP contribution in [0.15, 0.2) is 60.6 Å². The molecule has 6 heteroatoms. The summed E-state index contributed by atoms with van der Waals surface area (Å²) in [5.74, 6) is -0.337. The van der Waals surface area contributed by atoms with Crippen LogP contribution in [0.25, 0.3) is 11.1 Å². The van der Waals surface area contributed by atoms with E-state index in [1.54, 1.807) is 4.57 Å². The second-order valence-corrected chi connectivity index (χ2v) is 7.02. The van der Waals surface area contributed by atoms with E-state index in [0.717, 1.165) is 21.0 Å². The Kier molecular flexibility index (Phi) is 4.52. The molecule has 1 heterocycles. The summed E-state index contributed by atoms with van der Waals surface area (Å²) in [7, 11) is 1.98. The van der Waals surface area contributed by atoms with Gasteiger partial charge in [-0.25, -0.2) is 4.79 Å². The zero-order chi connectivity index (χ0) is 15.7. The summed E-state index contributed by atoms with van der Waals surface area (Å²) >= 11 is 6.81. The van der Waals surface area contributed by atoms with Crippen molar-refractivity contribution >= 4 is 43.0 Å². The molecule has 22 heavy (non-hydrogen) atoms. The number of oxazole rings is 1. The van der Waals surface area contributed by atoms with Gasteiger partial charge >= 0.3 is 5.76 Å². The molecule has 0 spiro atoms. The van der Waals surface area contributed by atoms with Crippen molar-refractivity contribution in [2.45, 2.75) is 13.2 Å². The van der Waals surface area contributed by atoms with Gasteiger partial charge in [-0.05, 0) is 42.9 Å². The van der Waals surface area contributed by atoms with E-state index in [-0.39, 0.29) is 5.76 Å². The molecule has 114 valence electrons. The first-order valence-corrected chi connectivity index (χ1v) is 8.33. The second-order valence-electron chi connectivity index (χ2n) is 5.19. The van der Waals surface area contributed by atoms with Gasteiger partial charge in [0, 0.05) is 15.5 Å². The molecule has 0 aliphatic rings. The van der Waals surface area contributed by atoms with E-state index in [1.807, 2.05) is 37.4 Å². The summed E-state index contributed by atoms with van der Waals surface area (Å²) in [5, 5.41) is 0. The van der Waals surface area contributed by atoms with E-state index in [2.05, 4.69) is 48.9 Å². The molecule has 0 saturated heterocycles. The number of fused-ring (bicyclic) bond motifs is 1. The highest BCUT2D eigenvalue weighted by Gasteiger charge is 2.11. The lowest BCUT2D eigenvalue weighted by Gasteiger charge is -2.17. The summed E-state index contributed by atoms with van der Waals surface area (Å²) in [6.07, 6.45) is 0. The standard InChI is InChI=1S/C16H14Br2N2O2/c1-19(9-11-2-4-12(17)5-3-11)10-20-14-7-6-13(18)8-15(14)22-16(20)21/h2-8H,9-10H2,1H3. The van der Waals surface area contributed by atoms with Crippen LogP contribution in [0.5, 0.6) is 0 Å². The fourth-order valence-electron chi connectivity index (χ4n) is 2.37. The summed E-state index contributed by atoms with van der Waals surface area (Å²) < 4.78 is 8.88. The molecule has 0 atom stereocenters. The molecule has 3 aromatic rings. The Morgan fingerprint density at radius 3 is 2.50 bits per heavy atom. The van der Waals surface area contributed by atoms with Gasteiger partial charge in [0.25, 0.3) is 0 Å². The van der Waals surface area contributed by atoms with E-state index in [4.69, 9.17) is 4.42 Å². The van der Waals surface area contributed by atoms with Crippen molar-refractivity contribution < 1.29 is 4.42 Å². The van der Waals surface area contributed by atoms with Gasteiger partial charge in [-0.1, -0.05) is 44.0 Å². The minimum Gasteiger partial charge on any atom is -0.408 e. The van der Waals surface area contributed by atoms with Crippen LogP contribution in [-0.2, 0) is 13.2 Å². The van der Waals surface area contributed by atoms with Crippen LogP contribution in [-0.4, -0.2) is 16.5 Å². The molecule has 2 aromatic carbocycles. The Labute approximate surface area is 144 Å². The van der Waals surface area contributed by atoms with Crippen LogP contribution in [0.3, 0.4) is 0 Å². The largest absolute Gasteiger partial charge is 0.421 e. The lowest BCUT2D eigenvalue weighted by Crippen LogP contribution is -2.27. The fourth-order valence-corrected chi connectivity index (χ4v) is 2.97.